The zero-order chi connectivity index (χ0) is 36.8. The first-order chi connectivity index (χ1) is 24.0. The molecule has 20 heteroatoms. The number of carbonyl (C=O) groups is 2. The molecule has 1 aromatic carbocycles. The van der Waals surface area contributed by atoms with Gasteiger partial charge in [-0.15, -0.1) is 0 Å². The maximum atomic E-state index is 13.6. The number of piperazine rings is 1. The molecule has 0 atom stereocenters. The van der Waals surface area contributed by atoms with Crippen molar-refractivity contribution < 1.29 is 45.5 Å². The molecule has 0 bridgehead atoms. The first kappa shape index (κ1) is 36.0. The van der Waals surface area contributed by atoms with Gasteiger partial charge in [-0.05, 0) is 63.2 Å². The van der Waals surface area contributed by atoms with E-state index in [-0.39, 0.29) is 43.1 Å². The molecule has 266 valence electrons. The minimum atomic E-state index is -4.72. The molecule has 1 N–H and O–H groups in total. The van der Waals surface area contributed by atoms with E-state index in [1.807, 2.05) is 7.05 Å². The third-order valence-electron chi connectivity index (χ3n) is 7.69. The van der Waals surface area contributed by atoms with Crippen molar-refractivity contribution in [2.75, 3.05) is 33.2 Å². The van der Waals surface area contributed by atoms with E-state index in [2.05, 4.69) is 56.9 Å². The summed E-state index contributed by atoms with van der Waals surface area (Å²) in [6, 6.07) is 13.1. The number of hydrogen-bond donors (Lipinski definition) is 1. The molecule has 0 unspecified atom stereocenters. The van der Waals surface area contributed by atoms with Gasteiger partial charge in [-0.3, -0.25) is 4.79 Å². The topological polar surface area (TPSA) is 134 Å². The minimum absolute atomic E-state index is 0.00372. The Balaban J connectivity index is 0.000000179. The molecule has 0 saturated carbocycles. The van der Waals surface area contributed by atoms with Crippen LogP contribution in [0.25, 0.3) is 34.0 Å². The molecule has 5 aromatic heterocycles. The molecule has 1 aliphatic heterocycles. The summed E-state index contributed by atoms with van der Waals surface area (Å²) >= 11 is 6.19. The fourth-order valence-corrected chi connectivity index (χ4v) is 6.14. The van der Waals surface area contributed by atoms with Crippen LogP contribution in [0.1, 0.15) is 32.4 Å². The molecule has 12 nitrogen and oxygen atoms in total. The van der Waals surface area contributed by atoms with Crippen molar-refractivity contribution >= 4 is 55.0 Å². The fraction of sp³-hybridized carbons (Fsp3) is 0.226. The Bertz CT molecular complexity index is 2250. The SMILES string of the molecule is CN1CCN(C(=O)c2nn3c(C(F)(F)F)cc(-c4ccco4)nc3c2Br)CC1.O=C(O)c1nn2c(C(F)(F)F)cc(-c3ccccc3)nc2c1Br. The number of carbonyl (C=O) groups excluding carboxylic acids is 1. The number of rotatable bonds is 4. The molecule has 6 heterocycles. The highest BCUT2D eigenvalue weighted by atomic mass is 79.9. The molecule has 51 heavy (non-hydrogen) atoms. The van der Waals surface area contributed by atoms with E-state index in [0.717, 1.165) is 12.1 Å². The Kier molecular flexibility index (Phi) is 9.68. The fourth-order valence-electron chi connectivity index (χ4n) is 5.13. The highest BCUT2D eigenvalue weighted by Gasteiger charge is 2.38. The summed E-state index contributed by atoms with van der Waals surface area (Å²) < 4.78 is 87.2. The van der Waals surface area contributed by atoms with Gasteiger partial charge < -0.3 is 19.3 Å². The predicted octanol–water partition coefficient (Wildman–Crippen LogP) is 7.03. The summed E-state index contributed by atoms with van der Waals surface area (Å²) in [7, 11) is 1.94. The highest BCUT2D eigenvalue weighted by molar-refractivity contribution is 9.11. The van der Waals surface area contributed by atoms with Crippen molar-refractivity contribution in [3.05, 3.63) is 92.6 Å². The Morgan fingerprint density at radius 3 is 1.82 bits per heavy atom. The van der Waals surface area contributed by atoms with Gasteiger partial charge >= 0.3 is 18.3 Å². The van der Waals surface area contributed by atoms with E-state index in [4.69, 9.17) is 9.52 Å². The van der Waals surface area contributed by atoms with E-state index in [9.17, 15) is 35.9 Å². The highest BCUT2D eigenvalue weighted by Crippen LogP contribution is 2.36. The maximum absolute atomic E-state index is 13.6. The molecular formula is C31H22Br2F6N8O4. The van der Waals surface area contributed by atoms with Gasteiger partial charge in [0.1, 0.15) is 5.69 Å². The molecule has 1 saturated heterocycles. The lowest BCUT2D eigenvalue weighted by Gasteiger charge is -2.31. The number of carboxylic acid groups (broad SMARTS) is 1. The zero-order valence-electron chi connectivity index (χ0n) is 25.9. The van der Waals surface area contributed by atoms with Gasteiger partial charge in [-0.2, -0.15) is 36.5 Å². The first-order valence-electron chi connectivity index (χ1n) is 14.7. The van der Waals surface area contributed by atoms with Crippen LogP contribution in [0.2, 0.25) is 0 Å². The smallest absolute Gasteiger partial charge is 0.433 e. The standard InChI is InChI=1S/C17H15BrF3N5O2.C14H7BrF3N3O2/c1-24-4-6-25(7-5-24)16(27)14-13(18)15-22-10(11-3-2-8-28-11)9-12(17(19,20)21)26(15)23-14;15-10-11(13(22)23)20-21-9(14(16,17)18)6-8(19-12(10)21)7-4-2-1-3-5-7/h2-3,8-9H,4-7H2,1H3;1-6H,(H,22,23). The van der Waals surface area contributed by atoms with Crippen molar-refractivity contribution in [1.82, 2.24) is 39.0 Å². The minimum Gasteiger partial charge on any atom is -0.476 e. The number of likely N-dealkylation sites (N-methyl/N-ethyl adjacent to an activating group) is 1. The molecule has 7 rings (SSSR count). The van der Waals surface area contributed by atoms with Crippen LogP contribution in [0.5, 0.6) is 0 Å². The second-order valence-corrected chi connectivity index (χ2v) is 12.7. The number of fused-ring (bicyclic) bond motifs is 2. The van der Waals surface area contributed by atoms with Crippen LogP contribution < -0.4 is 0 Å². The molecule has 0 radical (unpaired) electrons. The molecule has 1 amide bonds. The van der Waals surface area contributed by atoms with Crippen molar-refractivity contribution in [3.8, 4) is 22.7 Å². The third-order valence-corrected chi connectivity index (χ3v) is 9.15. The van der Waals surface area contributed by atoms with E-state index >= 15 is 0 Å². The summed E-state index contributed by atoms with van der Waals surface area (Å²) in [6.45, 7) is 2.33. The van der Waals surface area contributed by atoms with Crippen LogP contribution in [0.4, 0.5) is 26.3 Å². The molecular weight excluding hydrogens is 822 g/mol. The van der Waals surface area contributed by atoms with Crippen LogP contribution in [-0.2, 0) is 12.4 Å². The van der Waals surface area contributed by atoms with Gasteiger partial charge in [0, 0.05) is 31.7 Å². The predicted molar refractivity (Wildman–Crippen MR) is 175 cm³/mol. The van der Waals surface area contributed by atoms with Crippen LogP contribution in [-0.4, -0.2) is 89.2 Å². The number of aromatic carboxylic acids is 1. The number of aromatic nitrogens is 6. The average Bonchev–Trinajstić information content (AvgIpc) is 3.82. The Hall–Kier alpha value is -4.82. The number of carboxylic acids is 1. The second-order valence-electron chi connectivity index (χ2n) is 11.1. The van der Waals surface area contributed by atoms with Gasteiger partial charge in [0.15, 0.2) is 39.8 Å². The molecule has 0 spiro atoms. The number of furan rings is 1. The summed E-state index contributed by atoms with van der Waals surface area (Å²) in [6.07, 6.45) is -8.06. The lowest BCUT2D eigenvalue weighted by Crippen LogP contribution is -2.47. The van der Waals surface area contributed by atoms with Crippen LogP contribution in [0, 0.1) is 0 Å². The van der Waals surface area contributed by atoms with Gasteiger partial charge in [-0.25, -0.2) is 23.8 Å². The van der Waals surface area contributed by atoms with Gasteiger partial charge in [0.2, 0.25) is 0 Å². The molecule has 0 aliphatic carbocycles. The Morgan fingerprint density at radius 2 is 1.29 bits per heavy atom. The van der Waals surface area contributed by atoms with Crippen LogP contribution >= 0.6 is 31.9 Å². The van der Waals surface area contributed by atoms with E-state index < -0.39 is 41.3 Å². The average molecular weight is 844 g/mol. The summed E-state index contributed by atoms with van der Waals surface area (Å²) in [4.78, 5) is 35.9. The van der Waals surface area contributed by atoms with Gasteiger partial charge in [0.25, 0.3) is 5.91 Å². The third kappa shape index (κ3) is 7.20. The number of amides is 1. The van der Waals surface area contributed by atoms with Crippen molar-refractivity contribution in [3.63, 3.8) is 0 Å². The lowest BCUT2D eigenvalue weighted by molar-refractivity contribution is -0.143. The lowest BCUT2D eigenvalue weighted by atomic mass is 10.1. The van der Waals surface area contributed by atoms with Crippen LogP contribution in [0.15, 0.2) is 74.2 Å². The Labute approximate surface area is 299 Å². The summed E-state index contributed by atoms with van der Waals surface area (Å²) in [5, 5.41) is 16.5. The van der Waals surface area contributed by atoms with E-state index in [0.29, 0.717) is 40.8 Å². The van der Waals surface area contributed by atoms with Gasteiger partial charge in [0.05, 0.1) is 20.9 Å². The largest absolute Gasteiger partial charge is 0.476 e. The number of alkyl halides is 6. The maximum Gasteiger partial charge on any atom is 0.433 e. The first-order valence-corrected chi connectivity index (χ1v) is 16.3. The summed E-state index contributed by atoms with van der Waals surface area (Å²) in [5.74, 6) is -1.69. The molecule has 6 aromatic rings. The second kappa shape index (κ2) is 13.7. The quantitative estimate of drug-likeness (QED) is 0.186. The normalized spacial score (nSPS) is 14.2. The Morgan fingerprint density at radius 1 is 0.765 bits per heavy atom. The van der Waals surface area contributed by atoms with Crippen molar-refractivity contribution in [2.24, 2.45) is 0 Å². The number of benzene rings is 1. The monoisotopic (exact) mass is 842 g/mol. The van der Waals surface area contributed by atoms with E-state index in [1.165, 1.54) is 12.3 Å². The number of halogens is 8. The number of nitrogens with zero attached hydrogens (tertiary/aromatic N) is 8. The molecule has 1 aliphatic rings. The summed E-state index contributed by atoms with van der Waals surface area (Å²) in [5.41, 5.74) is -2.53. The number of hydrogen-bond acceptors (Lipinski definition) is 8. The van der Waals surface area contributed by atoms with Crippen LogP contribution in [0.3, 0.4) is 0 Å². The van der Waals surface area contributed by atoms with Gasteiger partial charge in [-0.1, -0.05) is 30.3 Å². The van der Waals surface area contributed by atoms with Crippen molar-refractivity contribution in [2.45, 2.75) is 12.4 Å². The van der Waals surface area contributed by atoms with Crippen molar-refractivity contribution in [1.29, 1.82) is 0 Å². The zero-order valence-corrected chi connectivity index (χ0v) is 29.0. The van der Waals surface area contributed by atoms with E-state index in [1.54, 1.807) is 41.3 Å². The molecule has 1 fully saturated rings.